The highest BCUT2D eigenvalue weighted by molar-refractivity contribution is 5.70. The molecule has 4 nitrogen and oxygen atoms in total. The molecule has 3 saturated carbocycles. The van der Waals surface area contributed by atoms with E-state index in [0.29, 0.717) is 5.92 Å². The average molecular weight is 199 g/mol. The minimum Gasteiger partial charge on any atom is -0.444 e. The van der Waals surface area contributed by atoms with Crippen molar-refractivity contribution in [2.45, 2.75) is 50.9 Å². The summed E-state index contributed by atoms with van der Waals surface area (Å²) >= 11 is 0. The minimum absolute atomic E-state index is 0.352. The van der Waals surface area contributed by atoms with Crippen molar-refractivity contribution in [3.8, 4) is 0 Å². The molecule has 14 heavy (non-hydrogen) atoms. The van der Waals surface area contributed by atoms with Crippen molar-refractivity contribution < 1.29 is 14.6 Å². The van der Waals surface area contributed by atoms with Gasteiger partial charge in [-0.3, -0.25) is 0 Å². The molecule has 4 heteroatoms. The van der Waals surface area contributed by atoms with E-state index in [2.05, 4.69) is 5.32 Å². The van der Waals surface area contributed by atoms with Gasteiger partial charge < -0.3 is 15.2 Å². The summed E-state index contributed by atoms with van der Waals surface area (Å²) in [4.78, 5) is 11.4. The molecule has 0 aromatic heterocycles. The summed E-state index contributed by atoms with van der Waals surface area (Å²) < 4.78 is 5.12. The molecule has 3 aliphatic carbocycles. The van der Waals surface area contributed by atoms with Crippen LogP contribution in [-0.4, -0.2) is 28.4 Å². The molecule has 0 saturated heterocycles. The number of carbonyl (C=O) groups excluding carboxylic acids is 1. The summed E-state index contributed by atoms with van der Waals surface area (Å²) in [5, 5.41) is 12.2. The van der Waals surface area contributed by atoms with Crippen LogP contribution >= 0.6 is 0 Å². The second-order valence-corrected chi connectivity index (χ2v) is 5.40. The molecular formula is C10H17NO3. The predicted molar refractivity (Wildman–Crippen MR) is 50.8 cm³/mol. The third-order valence-corrected chi connectivity index (χ3v) is 3.02. The van der Waals surface area contributed by atoms with Gasteiger partial charge in [0.1, 0.15) is 5.60 Å². The number of alkyl carbamates (subject to hydrolysis) is 1. The van der Waals surface area contributed by atoms with E-state index in [9.17, 15) is 9.90 Å². The molecule has 0 unspecified atom stereocenters. The topological polar surface area (TPSA) is 58.6 Å². The monoisotopic (exact) mass is 199 g/mol. The lowest BCUT2D eigenvalue weighted by molar-refractivity contribution is -0.188. The fraction of sp³-hybridized carbons (Fsp3) is 0.900. The Labute approximate surface area is 83.6 Å². The number of aliphatic hydroxyl groups excluding tert-OH is 1. The fourth-order valence-electron chi connectivity index (χ4n) is 2.15. The maximum atomic E-state index is 11.4. The molecule has 0 heterocycles. The van der Waals surface area contributed by atoms with Crippen molar-refractivity contribution in [3.63, 3.8) is 0 Å². The maximum Gasteiger partial charge on any atom is 0.408 e. The lowest BCUT2D eigenvalue weighted by Crippen LogP contribution is -2.78. The van der Waals surface area contributed by atoms with Gasteiger partial charge in [-0.15, -0.1) is 0 Å². The molecule has 1 amide bonds. The van der Waals surface area contributed by atoms with Crippen LogP contribution < -0.4 is 5.32 Å². The standard InChI is InChI=1S/C10H17NO3/c1-9(2,3)14-8(13)11-10-4-6(5-10)7(10)12/h6-7,12H,4-5H2,1-3H3,(H,11,13)/t6?,7-,10?/m0/s1. The Kier molecular flexibility index (Phi) is 1.83. The number of hydrogen-bond donors (Lipinski definition) is 2. The smallest absolute Gasteiger partial charge is 0.408 e. The largest absolute Gasteiger partial charge is 0.444 e. The molecule has 0 aliphatic heterocycles. The summed E-state index contributed by atoms with van der Waals surface area (Å²) in [5.41, 5.74) is -0.828. The highest BCUT2D eigenvalue weighted by atomic mass is 16.6. The molecule has 80 valence electrons. The first-order valence-electron chi connectivity index (χ1n) is 5.02. The first-order chi connectivity index (χ1) is 6.32. The summed E-state index contributed by atoms with van der Waals surface area (Å²) in [6.45, 7) is 5.47. The maximum absolute atomic E-state index is 11.4. The van der Waals surface area contributed by atoms with Gasteiger partial charge >= 0.3 is 6.09 Å². The summed E-state index contributed by atoms with van der Waals surface area (Å²) in [7, 11) is 0. The summed E-state index contributed by atoms with van der Waals surface area (Å²) in [6, 6.07) is 0. The molecule has 0 aromatic carbocycles. The van der Waals surface area contributed by atoms with Crippen LogP contribution in [-0.2, 0) is 4.74 Å². The van der Waals surface area contributed by atoms with E-state index in [1.807, 2.05) is 20.8 Å². The second-order valence-electron chi connectivity index (χ2n) is 5.40. The summed E-state index contributed by atoms with van der Waals surface area (Å²) in [6.07, 6.45) is 1.02. The van der Waals surface area contributed by atoms with Crippen molar-refractivity contribution >= 4 is 6.09 Å². The molecule has 2 N–H and O–H groups in total. The summed E-state index contributed by atoms with van der Waals surface area (Å²) in [5.74, 6) is 0.407. The second kappa shape index (κ2) is 2.63. The van der Waals surface area contributed by atoms with E-state index in [1.54, 1.807) is 0 Å². The SMILES string of the molecule is CC(C)(C)OC(=O)NC12CC(C1)[C@@H]2O. The van der Waals surface area contributed by atoms with Crippen molar-refractivity contribution in [1.29, 1.82) is 0 Å². The van der Waals surface area contributed by atoms with E-state index in [0.717, 1.165) is 12.8 Å². The number of rotatable bonds is 1. The zero-order valence-electron chi connectivity index (χ0n) is 8.83. The molecule has 2 bridgehead atoms. The minimum atomic E-state index is -0.474. The number of nitrogens with one attached hydrogen (secondary N) is 1. The number of aliphatic hydroxyl groups is 1. The van der Waals surface area contributed by atoms with Gasteiger partial charge in [-0.25, -0.2) is 4.79 Å². The lowest BCUT2D eigenvalue weighted by Gasteiger charge is -2.65. The van der Waals surface area contributed by atoms with Gasteiger partial charge in [0.05, 0.1) is 11.6 Å². The van der Waals surface area contributed by atoms with Crippen LogP contribution in [0.3, 0.4) is 0 Å². The fourth-order valence-corrected chi connectivity index (χ4v) is 2.15. The van der Waals surface area contributed by atoms with E-state index in [4.69, 9.17) is 4.74 Å². The van der Waals surface area contributed by atoms with Gasteiger partial charge in [-0.1, -0.05) is 0 Å². The Balaban J connectivity index is 1.84. The Bertz CT molecular complexity index is 263. The van der Waals surface area contributed by atoms with Crippen LogP contribution in [0.15, 0.2) is 0 Å². The first kappa shape index (κ1) is 9.77. The van der Waals surface area contributed by atoms with Gasteiger partial charge in [0.2, 0.25) is 0 Å². The van der Waals surface area contributed by atoms with E-state index < -0.39 is 11.7 Å². The molecule has 1 atom stereocenters. The van der Waals surface area contributed by atoms with Crippen molar-refractivity contribution in [2.75, 3.05) is 0 Å². The quantitative estimate of drug-likeness (QED) is 0.663. The Hall–Kier alpha value is -0.770. The van der Waals surface area contributed by atoms with Crippen LogP contribution in [0.2, 0.25) is 0 Å². The van der Waals surface area contributed by atoms with Gasteiger partial charge in [0.15, 0.2) is 0 Å². The zero-order chi connectivity index (χ0) is 10.6. The zero-order valence-corrected chi connectivity index (χ0v) is 8.83. The Morgan fingerprint density at radius 1 is 1.50 bits per heavy atom. The Morgan fingerprint density at radius 3 is 2.36 bits per heavy atom. The van der Waals surface area contributed by atoms with E-state index >= 15 is 0 Å². The number of amides is 1. The van der Waals surface area contributed by atoms with Crippen LogP contribution in [0.4, 0.5) is 4.79 Å². The van der Waals surface area contributed by atoms with Crippen molar-refractivity contribution in [3.05, 3.63) is 0 Å². The molecule has 0 radical (unpaired) electrons. The number of hydrogen-bond acceptors (Lipinski definition) is 3. The highest BCUT2D eigenvalue weighted by Gasteiger charge is 2.66. The molecular weight excluding hydrogens is 182 g/mol. The first-order valence-corrected chi connectivity index (χ1v) is 5.02. The van der Waals surface area contributed by atoms with Gasteiger partial charge in [-0.2, -0.15) is 0 Å². The van der Waals surface area contributed by atoms with Crippen LogP contribution in [0.1, 0.15) is 33.6 Å². The predicted octanol–water partition coefficient (Wildman–Crippen LogP) is 1.03. The van der Waals surface area contributed by atoms with E-state index in [-0.39, 0.29) is 11.6 Å². The van der Waals surface area contributed by atoms with Crippen molar-refractivity contribution in [1.82, 2.24) is 5.32 Å². The molecule has 0 aromatic rings. The van der Waals surface area contributed by atoms with Gasteiger partial charge in [-0.05, 0) is 39.5 Å². The van der Waals surface area contributed by atoms with Gasteiger partial charge in [0.25, 0.3) is 0 Å². The molecule has 3 fully saturated rings. The lowest BCUT2D eigenvalue weighted by atomic mass is 9.47. The number of ether oxygens (including phenoxy) is 1. The molecule has 3 rings (SSSR count). The van der Waals surface area contributed by atoms with Crippen LogP contribution in [0, 0.1) is 5.92 Å². The molecule has 0 spiro atoms. The third-order valence-electron chi connectivity index (χ3n) is 3.02. The van der Waals surface area contributed by atoms with Gasteiger partial charge in [0, 0.05) is 0 Å². The average Bonchev–Trinajstić information content (AvgIpc) is 1.94. The third kappa shape index (κ3) is 1.38. The highest BCUT2D eigenvalue weighted by Crippen LogP contribution is 2.57. The van der Waals surface area contributed by atoms with Crippen molar-refractivity contribution in [2.24, 2.45) is 5.92 Å². The Morgan fingerprint density at radius 2 is 2.07 bits per heavy atom. The van der Waals surface area contributed by atoms with Crippen LogP contribution in [0.25, 0.3) is 0 Å². The van der Waals surface area contributed by atoms with Crippen LogP contribution in [0.5, 0.6) is 0 Å². The molecule has 3 aliphatic rings. The normalized spacial score (nSPS) is 39.4. The number of carbonyl (C=O) groups is 1. The van der Waals surface area contributed by atoms with E-state index in [1.165, 1.54) is 0 Å².